The summed E-state index contributed by atoms with van der Waals surface area (Å²) in [5.41, 5.74) is 0.730. The van der Waals surface area contributed by atoms with Gasteiger partial charge in [-0.2, -0.15) is 0 Å². The zero-order valence-corrected chi connectivity index (χ0v) is 14.0. The summed E-state index contributed by atoms with van der Waals surface area (Å²) >= 11 is 5.79. The fourth-order valence-electron chi connectivity index (χ4n) is 2.62. The van der Waals surface area contributed by atoms with Gasteiger partial charge < -0.3 is 16.0 Å². The van der Waals surface area contributed by atoms with Crippen molar-refractivity contribution in [1.29, 1.82) is 0 Å². The van der Waals surface area contributed by atoms with Gasteiger partial charge in [0, 0.05) is 30.1 Å². The Labute approximate surface area is 142 Å². The molecule has 1 aromatic carbocycles. The number of halogens is 1. The Balaban J connectivity index is 1.53. The van der Waals surface area contributed by atoms with Gasteiger partial charge in [0.15, 0.2) is 0 Å². The Morgan fingerprint density at radius 2 is 1.96 bits per heavy atom. The molecule has 0 aromatic heterocycles. The average molecular weight is 338 g/mol. The van der Waals surface area contributed by atoms with E-state index >= 15 is 0 Å². The molecule has 23 heavy (non-hydrogen) atoms. The molecule has 2 amide bonds. The van der Waals surface area contributed by atoms with Crippen molar-refractivity contribution in [2.75, 3.05) is 25.0 Å². The van der Waals surface area contributed by atoms with E-state index < -0.39 is 0 Å². The summed E-state index contributed by atoms with van der Waals surface area (Å²) in [6, 6.07) is 6.99. The van der Waals surface area contributed by atoms with Crippen LogP contribution < -0.4 is 16.0 Å². The van der Waals surface area contributed by atoms with Crippen LogP contribution in [0.1, 0.15) is 32.1 Å². The van der Waals surface area contributed by atoms with Crippen molar-refractivity contribution >= 4 is 29.1 Å². The van der Waals surface area contributed by atoms with Gasteiger partial charge in [0.05, 0.1) is 0 Å². The maximum absolute atomic E-state index is 11.8. The fraction of sp³-hybridized carbons (Fsp3) is 0.529. The third-order valence-corrected chi connectivity index (χ3v) is 4.22. The Bertz CT molecular complexity index is 513. The Morgan fingerprint density at radius 1 is 1.17 bits per heavy atom. The summed E-state index contributed by atoms with van der Waals surface area (Å²) in [6.45, 7) is 2.63. The Hall–Kier alpha value is -1.59. The first-order valence-corrected chi connectivity index (χ1v) is 8.54. The van der Waals surface area contributed by atoms with Crippen molar-refractivity contribution in [1.82, 2.24) is 10.6 Å². The number of anilines is 1. The van der Waals surface area contributed by atoms with E-state index in [1.807, 2.05) is 0 Å². The van der Waals surface area contributed by atoms with E-state index in [0.717, 1.165) is 31.6 Å². The molecule has 0 radical (unpaired) electrons. The van der Waals surface area contributed by atoms with Gasteiger partial charge in [-0.25, -0.2) is 0 Å². The number of carbonyl (C=O) groups excluding carboxylic acids is 2. The van der Waals surface area contributed by atoms with Crippen molar-refractivity contribution in [3.05, 3.63) is 29.3 Å². The standard InChI is InChI=1S/C17H24ClN3O2/c18-14-4-6-15(7-5-14)21-17(23)2-1-10-20-16(22)8-3-13-9-11-19-12-13/h4-7,13,19H,1-3,8-12H2,(H,20,22)(H,21,23). The first-order valence-electron chi connectivity index (χ1n) is 8.16. The summed E-state index contributed by atoms with van der Waals surface area (Å²) in [7, 11) is 0. The summed E-state index contributed by atoms with van der Waals surface area (Å²) < 4.78 is 0. The Morgan fingerprint density at radius 3 is 2.65 bits per heavy atom. The number of hydrogen-bond acceptors (Lipinski definition) is 3. The second-order valence-electron chi connectivity index (χ2n) is 5.91. The van der Waals surface area contributed by atoms with Crippen LogP contribution in [0.25, 0.3) is 0 Å². The lowest BCUT2D eigenvalue weighted by Gasteiger charge is -2.09. The van der Waals surface area contributed by atoms with E-state index in [9.17, 15) is 9.59 Å². The molecule has 1 atom stereocenters. The van der Waals surface area contributed by atoms with Gasteiger partial charge in [-0.15, -0.1) is 0 Å². The molecule has 3 N–H and O–H groups in total. The molecular formula is C17H24ClN3O2. The van der Waals surface area contributed by atoms with Gasteiger partial charge in [0.1, 0.15) is 0 Å². The number of amides is 2. The minimum Gasteiger partial charge on any atom is -0.356 e. The smallest absolute Gasteiger partial charge is 0.224 e. The zero-order valence-electron chi connectivity index (χ0n) is 13.2. The molecule has 1 unspecified atom stereocenters. The highest BCUT2D eigenvalue weighted by molar-refractivity contribution is 6.30. The summed E-state index contributed by atoms with van der Waals surface area (Å²) in [4.78, 5) is 23.5. The highest BCUT2D eigenvalue weighted by atomic mass is 35.5. The second kappa shape index (κ2) is 9.53. The SMILES string of the molecule is O=C(CCC1CCNC1)NCCCC(=O)Nc1ccc(Cl)cc1. The van der Waals surface area contributed by atoms with Gasteiger partial charge in [0.2, 0.25) is 11.8 Å². The highest BCUT2D eigenvalue weighted by Crippen LogP contribution is 2.14. The van der Waals surface area contributed by atoms with Crippen LogP contribution in [0.2, 0.25) is 5.02 Å². The van der Waals surface area contributed by atoms with Crippen molar-refractivity contribution in [2.24, 2.45) is 5.92 Å². The molecule has 1 fully saturated rings. The van der Waals surface area contributed by atoms with Gasteiger partial charge in [0.25, 0.3) is 0 Å². The number of carbonyl (C=O) groups is 2. The molecule has 2 rings (SSSR count). The lowest BCUT2D eigenvalue weighted by atomic mass is 10.0. The molecule has 0 aliphatic carbocycles. The number of benzene rings is 1. The minimum absolute atomic E-state index is 0.0569. The van der Waals surface area contributed by atoms with Crippen LogP contribution in [-0.2, 0) is 9.59 Å². The molecule has 5 nitrogen and oxygen atoms in total. The van der Waals surface area contributed by atoms with Gasteiger partial charge in [-0.05, 0) is 62.5 Å². The topological polar surface area (TPSA) is 70.2 Å². The van der Waals surface area contributed by atoms with E-state index in [0.29, 0.717) is 36.7 Å². The van der Waals surface area contributed by atoms with Crippen LogP contribution >= 0.6 is 11.6 Å². The van der Waals surface area contributed by atoms with E-state index in [-0.39, 0.29) is 11.8 Å². The third kappa shape index (κ3) is 7.01. The molecule has 1 aromatic rings. The van der Waals surface area contributed by atoms with Crippen LogP contribution in [0, 0.1) is 5.92 Å². The van der Waals surface area contributed by atoms with Crippen LogP contribution in [0.15, 0.2) is 24.3 Å². The first-order chi connectivity index (χ1) is 11.1. The van der Waals surface area contributed by atoms with Crippen LogP contribution in [-0.4, -0.2) is 31.4 Å². The maximum atomic E-state index is 11.8. The van der Waals surface area contributed by atoms with Crippen molar-refractivity contribution < 1.29 is 9.59 Å². The molecule has 126 valence electrons. The van der Waals surface area contributed by atoms with Crippen LogP contribution in [0.3, 0.4) is 0 Å². The number of nitrogens with one attached hydrogen (secondary N) is 3. The lowest BCUT2D eigenvalue weighted by molar-refractivity contribution is -0.121. The first kappa shape index (κ1) is 17.8. The van der Waals surface area contributed by atoms with Gasteiger partial charge in [-0.1, -0.05) is 11.6 Å². The Kier molecular flexibility index (Phi) is 7.36. The third-order valence-electron chi connectivity index (χ3n) is 3.97. The maximum Gasteiger partial charge on any atom is 0.224 e. The lowest BCUT2D eigenvalue weighted by Crippen LogP contribution is -2.26. The van der Waals surface area contributed by atoms with Crippen molar-refractivity contribution in [3.63, 3.8) is 0 Å². The average Bonchev–Trinajstić information content (AvgIpc) is 3.05. The molecule has 0 saturated carbocycles. The number of hydrogen-bond donors (Lipinski definition) is 3. The normalized spacial score (nSPS) is 17.0. The van der Waals surface area contributed by atoms with E-state index in [1.54, 1.807) is 24.3 Å². The van der Waals surface area contributed by atoms with Crippen LogP contribution in [0.4, 0.5) is 5.69 Å². The van der Waals surface area contributed by atoms with E-state index in [1.165, 1.54) is 0 Å². The zero-order chi connectivity index (χ0) is 16.5. The summed E-state index contributed by atoms with van der Waals surface area (Å²) in [5.74, 6) is 0.652. The molecule has 0 bridgehead atoms. The molecule has 1 heterocycles. The molecule has 1 saturated heterocycles. The monoisotopic (exact) mass is 337 g/mol. The minimum atomic E-state index is -0.0569. The van der Waals surface area contributed by atoms with Crippen molar-refractivity contribution in [3.8, 4) is 0 Å². The molecule has 1 aliphatic heterocycles. The summed E-state index contributed by atoms with van der Waals surface area (Å²) in [5, 5.41) is 9.62. The molecular weight excluding hydrogens is 314 g/mol. The van der Waals surface area contributed by atoms with Gasteiger partial charge in [-0.3, -0.25) is 9.59 Å². The largest absolute Gasteiger partial charge is 0.356 e. The fourth-order valence-corrected chi connectivity index (χ4v) is 2.74. The van der Waals surface area contributed by atoms with Gasteiger partial charge >= 0.3 is 0 Å². The predicted molar refractivity (Wildman–Crippen MR) is 92.5 cm³/mol. The predicted octanol–water partition coefficient (Wildman–Crippen LogP) is 2.56. The second-order valence-corrected chi connectivity index (χ2v) is 6.34. The molecule has 1 aliphatic rings. The summed E-state index contributed by atoms with van der Waals surface area (Å²) in [6.07, 6.45) is 3.70. The quantitative estimate of drug-likeness (QED) is 0.638. The van der Waals surface area contributed by atoms with E-state index in [4.69, 9.17) is 11.6 Å². The van der Waals surface area contributed by atoms with Crippen LogP contribution in [0.5, 0.6) is 0 Å². The molecule has 6 heteroatoms. The number of rotatable bonds is 8. The van der Waals surface area contributed by atoms with Crippen molar-refractivity contribution in [2.45, 2.75) is 32.1 Å². The van der Waals surface area contributed by atoms with E-state index in [2.05, 4.69) is 16.0 Å². The molecule has 0 spiro atoms. The highest BCUT2D eigenvalue weighted by Gasteiger charge is 2.15.